The van der Waals surface area contributed by atoms with Crippen LogP contribution in [0.15, 0.2) is 48.5 Å². The minimum Gasteiger partial charge on any atom is -0.493 e. The van der Waals surface area contributed by atoms with Crippen molar-refractivity contribution in [2.45, 2.75) is 47.1 Å². The van der Waals surface area contributed by atoms with Crippen molar-refractivity contribution in [1.82, 2.24) is 9.78 Å². The monoisotopic (exact) mass is 421 g/mol. The number of para-hydroxylation sites is 2. The van der Waals surface area contributed by atoms with Crippen molar-refractivity contribution < 1.29 is 14.3 Å². The molecule has 2 aromatic carbocycles. The number of hydrogen-bond donors (Lipinski definition) is 1. The number of ether oxygens (including phenoxy) is 2. The van der Waals surface area contributed by atoms with Gasteiger partial charge in [0.25, 0.3) is 0 Å². The summed E-state index contributed by atoms with van der Waals surface area (Å²) in [5.74, 6) is 2.50. The Labute approximate surface area is 184 Å². The Hall–Kier alpha value is -3.28. The molecule has 0 atom stereocenters. The maximum atomic E-state index is 12.5. The predicted molar refractivity (Wildman–Crippen MR) is 123 cm³/mol. The number of nitrogens with zero attached hydrogens (tertiary/aromatic N) is 2. The van der Waals surface area contributed by atoms with Crippen molar-refractivity contribution in [3.8, 4) is 17.2 Å². The van der Waals surface area contributed by atoms with Gasteiger partial charge in [-0.1, -0.05) is 26.0 Å². The summed E-state index contributed by atoms with van der Waals surface area (Å²) in [5.41, 5.74) is 4.05. The summed E-state index contributed by atoms with van der Waals surface area (Å²) in [4.78, 5) is 12.5. The number of carbonyl (C=O) groups excluding carboxylic acids is 1. The number of aromatic nitrogens is 2. The lowest BCUT2D eigenvalue weighted by Gasteiger charge is -2.11. The van der Waals surface area contributed by atoms with E-state index in [1.807, 2.05) is 60.1 Å². The first-order valence-electron chi connectivity index (χ1n) is 10.6. The normalized spacial score (nSPS) is 10.9. The number of anilines is 1. The molecule has 1 N–H and O–H groups in total. The predicted octanol–water partition coefficient (Wildman–Crippen LogP) is 5.53. The highest BCUT2D eigenvalue weighted by Crippen LogP contribution is 2.31. The van der Waals surface area contributed by atoms with E-state index in [4.69, 9.17) is 9.47 Å². The summed E-state index contributed by atoms with van der Waals surface area (Å²) in [6.07, 6.45) is 1.09. The third-order valence-electron chi connectivity index (χ3n) is 5.11. The zero-order valence-electron chi connectivity index (χ0n) is 18.9. The van der Waals surface area contributed by atoms with E-state index in [9.17, 15) is 4.79 Å². The van der Waals surface area contributed by atoms with E-state index in [2.05, 4.69) is 31.2 Å². The summed E-state index contributed by atoms with van der Waals surface area (Å²) in [7, 11) is 1.61. The number of amides is 1. The molecule has 1 amide bonds. The molecule has 0 spiro atoms. The Morgan fingerprint density at radius 2 is 1.74 bits per heavy atom. The molecule has 1 heterocycles. The second-order valence-corrected chi connectivity index (χ2v) is 8.05. The topological polar surface area (TPSA) is 65.4 Å². The lowest BCUT2D eigenvalue weighted by atomic mass is 10.1. The van der Waals surface area contributed by atoms with Gasteiger partial charge in [-0.05, 0) is 68.1 Å². The minimum absolute atomic E-state index is 0.0196. The third kappa shape index (κ3) is 5.87. The maximum absolute atomic E-state index is 12.5. The number of hydrogen-bond acceptors (Lipinski definition) is 4. The van der Waals surface area contributed by atoms with Gasteiger partial charge in [-0.2, -0.15) is 5.10 Å². The molecule has 0 aliphatic carbocycles. The highest BCUT2D eigenvalue weighted by Gasteiger charge is 2.14. The average Bonchev–Trinajstić information content (AvgIpc) is 3.00. The maximum Gasteiger partial charge on any atom is 0.224 e. The molecule has 0 aliphatic heterocycles. The van der Waals surface area contributed by atoms with Gasteiger partial charge in [0, 0.05) is 24.3 Å². The Morgan fingerprint density at radius 3 is 2.39 bits per heavy atom. The van der Waals surface area contributed by atoms with E-state index in [-0.39, 0.29) is 5.91 Å². The number of methoxy groups -OCH3 is 1. The second-order valence-electron chi connectivity index (χ2n) is 8.05. The average molecular weight is 422 g/mol. The van der Waals surface area contributed by atoms with Crippen LogP contribution in [0, 0.1) is 19.8 Å². The van der Waals surface area contributed by atoms with Crippen molar-refractivity contribution in [3.63, 3.8) is 0 Å². The molecular weight excluding hydrogens is 390 g/mol. The van der Waals surface area contributed by atoms with Gasteiger partial charge >= 0.3 is 0 Å². The van der Waals surface area contributed by atoms with Gasteiger partial charge in [-0.25, -0.2) is 0 Å². The van der Waals surface area contributed by atoms with Crippen LogP contribution in [-0.2, 0) is 17.8 Å². The molecule has 3 rings (SSSR count). The number of nitrogens with one attached hydrogen (secondary N) is 1. The third-order valence-corrected chi connectivity index (χ3v) is 5.11. The molecule has 3 aromatic rings. The first kappa shape index (κ1) is 22.4. The van der Waals surface area contributed by atoms with Gasteiger partial charge < -0.3 is 14.8 Å². The molecule has 0 unspecified atom stereocenters. The lowest BCUT2D eigenvalue weighted by Crippen LogP contribution is -2.13. The van der Waals surface area contributed by atoms with E-state index in [1.54, 1.807) is 7.11 Å². The first-order chi connectivity index (χ1) is 14.9. The molecule has 0 aliphatic rings. The molecule has 0 fully saturated rings. The van der Waals surface area contributed by atoms with Crippen LogP contribution in [0.5, 0.6) is 17.2 Å². The fraction of sp³-hybridized carbons (Fsp3) is 0.360. The van der Waals surface area contributed by atoms with Crippen LogP contribution in [0.1, 0.15) is 37.2 Å². The van der Waals surface area contributed by atoms with E-state index in [1.165, 1.54) is 0 Å². The Bertz CT molecular complexity index is 1020. The molecular formula is C25H31N3O3. The standard InChI is InChI=1S/C25H31N3O3/c1-17(2)16-28-19(4)22(18(3)27-28)14-15-25(29)26-20-10-12-21(13-11-20)31-24-9-7-6-8-23(24)30-5/h6-13,17H,14-16H2,1-5H3,(H,26,29). The number of rotatable bonds is 9. The van der Waals surface area contributed by atoms with Crippen LogP contribution in [0.25, 0.3) is 0 Å². The summed E-state index contributed by atoms with van der Waals surface area (Å²) >= 11 is 0. The number of carbonyl (C=O) groups is 1. The van der Waals surface area contributed by atoms with Crippen molar-refractivity contribution in [2.24, 2.45) is 5.92 Å². The van der Waals surface area contributed by atoms with Crippen LogP contribution in [0.4, 0.5) is 5.69 Å². The molecule has 0 radical (unpaired) electrons. The summed E-state index contributed by atoms with van der Waals surface area (Å²) in [5, 5.41) is 7.59. The largest absolute Gasteiger partial charge is 0.493 e. The molecule has 164 valence electrons. The highest BCUT2D eigenvalue weighted by atomic mass is 16.5. The fourth-order valence-corrected chi connectivity index (χ4v) is 3.52. The van der Waals surface area contributed by atoms with E-state index >= 15 is 0 Å². The zero-order valence-corrected chi connectivity index (χ0v) is 18.9. The zero-order chi connectivity index (χ0) is 22.4. The number of benzene rings is 2. The van der Waals surface area contributed by atoms with Crippen molar-refractivity contribution in [1.29, 1.82) is 0 Å². The van der Waals surface area contributed by atoms with Gasteiger partial charge in [0.1, 0.15) is 5.75 Å². The van der Waals surface area contributed by atoms with Gasteiger partial charge in [-0.3, -0.25) is 9.48 Å². The van der Waals surface area contributed by atoms with Gasteiger partial charge in [0.05, 0.1) is 12.8 Å². The van der Waals surface area contributed by atoms with Crippen molar-refractivity contribution in [2.75, 3.05) is 12.4 Å². The van der Waals surface area contributed by atoms with Crippen molar-refractivity contribution in [3.05, 3.63) is 65.5 Å². The van der Waals surface area contributed by atoms with E-state index < -0.39 is 0 Å². The quantitative estimate of drug-likeness (QED) is 0.493. The van der Waals surface area contributed by atoms with Crippen LogP contribution < -0.4 is 14.8 Å². The first-order valence-corrected chi connectivity index (χ1v) is 10.6. The SMILES string of the molecule is COc1ccccc1Oc1ccc(NC(=O)CCc2c(C)nn(CC(C)C)c2C)cc1. The smallest absolute Gasteiger partial charge is 0.224 e. The van der Waals surface area contributed by atoms with Crippen LogP contribution in [0.2, 0.25) is 0 Å². The molecule has 0 saturated carbocycles. The molecule has 1 aromatic heterocycles. The Balaban J connectivity index is 1.56. The Kier molecular flexibility index (Phi) is 7.34. The highest BCUT2D eigenvalue weighted by molar-refractivity contribution is 5.90. The van der Waals surface area contributed by atoms with Gasteiger partial charge in [-0.15, -0.1) is 0 Å². The second kappa shape index (κ2) is 10.2. The summed E-state index contributed by atoms with van der Waals surface area (Å²) in [6.45, 7) is 9.34. The summed E-state index contributed by atoms with van der Waals surface area (Å²) < 4.78 is 13.2. The van der Waals surface area contributed by atoms with Crippen LogP contribution in [-0.4, -0.2) is 22.8 Å². The van der Waals surface area contributed by atoms with Crippen molar-refractivity contribution >= 4 is 11.6 Å². The van der Waals surface area contributed by atoms with Crippen LogP contribution in [0.3, 0.4) is 0 Å². The molecule has 6 heteroatoms. The molecule has 0 bridgehead atoms. The van der Waals surface area contributed by atoms with Crippen LogP contribution >= 0.6 is 0 Å². The molecule has 6 nitrogen and oxygen atoms in total. The summed E-state index contributed by atoms with van der Waals surface area (Å²) in [6, 6.07) is 14.8. The van der Waals surface area contributed by atoms with E-state index in [0.29, 0.717) is 36.0 Å². The fourth-order valence-electron chi connectivity index (χ4n) is 3.52. The Morgan fingerprint density at radius 1 is 1.06 bits per heavy atom. The van der Waals surface area contributed by atoms with E-state index in [0.717, 1.165) is 29.2 Å². The van der Waals surface area contributed by atoms with Gasteiger partial charge in [0.2, 0.25) is 5.91 Å². The minimum atomic E-state index is -0.0196. The lowest BCUT2D eigenvalue weighted by molar-refractivity contribution is -0.116. The molecule has 0 saturated heterocycles. The number of aryl methyl sites for hydroxylation is 1. The van der Waals surface area contributed by atoms with Gasteiger partial charge in [0.15, 0.2) is 11.5 Å². The molecule has 31 heavy (non-hydrogen) atoms.